The molecule has 216 valence electrons. The van der Waals surface area contributed by atoms with Crippen LogP contribution >= 0.6 is 11.8 Å². The number of aliphatic hydroxyl groups excluding tert-OH is 1. The van der Waals surface area contributed by atoms with Crippen molar-refractivity contribution in [2.24, 2.45) is 0 Å². The number of nitrogens with zero attached hydrogens (tertiary/aromatic N) is 1. The van der Waals surface area contributed by atoms with Crippen LogP contribution in [0.4, 0.5) is 0 Å². The molecule has 3 aromatic carbocycles. The van der Waals surface area contributed by atoms with Gasteiger partial charge in [-0.1, -0.05) is 72.8 Å². The lowest BCUT2D eigenvalue weighted by Crippen LogP contribution is -2.56. The molecule has 3 aromatic rings. The Morgan fingerprint density at radius 3 is 2.29 bits per heavy atom. The summed E-state index contributed by atoms with van der Waals surface area (Å²) < 4.78 is 0. The molecular formula is C33H39N3O4S. The van der Waals surface area contributed by atoms with Crippen LogP contribution in [0.5, 0.6) is 0 Å². The van der Waals surface area contributed by atoms with Crippen molar-refractivity contribution in [2.45, 2.75) is 64.8 Å². The van der Waals surface area contributed by atoms with Gasteiger partial charge in [-0.25, -0.2) is 0 Å². The summed E-state index contributed by atoms with van der Waals surface area (Å²) in [5, 5.41) is 17.2. The molecule has 0 saturated carbocycles. The zero-order valence-electron chi connectivity index (χ0n) is 23.9. The number of carbonyl (C=O) groups excluding carboxylic acids is 3. The molecule has 1 saturated heterocycles. The number of carbonyl (C=O) groups is 3. The summed E-state index contributed by atoms with van der Waals surface area (Å²) in [5.74, 6) is -0.290. The number of thioether (sulfide) groups is 1. The normalized spacial score (nSPS) is 16.2. The van der Waals surface area contributed by atoms with Crippen molar-refractivity contribution in [1.82, 2.24) is 15.5 Å². The molecular weight excluding hydrogens is 534 g/mol. The van der Waals surface area contributed by atoms with Gasteiger partial charge in [-0.15, -0.1) is 11.8 Å². The number of nitrogens with one attached hydrogen (secondary N) is 2. The van der Waals surface area contributed by atoms with Crippen molar-refractivity contribution in [3.63, 3.8) is 0 Å². The molecule has 3 unspecified atom stereocenters. The molecule has 3 atom stereocenters. The monoisotopic (exact) mass is 573 g/mol. The third-order valence-corrected chi connectivity index (χ3v) is 8.72. The van der Waals surface area contributed by atoms with E-state index in [-0.39, 0.29) is 24.7 Å². The second-order valence-corrected chi connectivity index (χ2v) is 11.6. The Hall–Kier alpha value is -3.62. The third-order valence-electron chi connectivity index (χ3n) is 7.71. The molecule has 0 bridgehead atoms. The highest BCUT2D eigenvalue weighted by Crippen LogP contribution is 2.23. The lowest BCUT2D eigenvalue weighted by atomic mass is 9.97. The maximum Gasteiger partial charge on any atom is 0.254 e. The molecule has 1 aliphatic rings. The molecule has 7 nitrogen and oxygen atoms in total. The second-order valence-electron chi connectivity index (χ2n) is 10.6. The predicted molar refractivity (Wildman–Crippen MR) is 163 cm³/mol. The Kier molecular flexibility index (Phi) is 10.6. The van der Waals surface area contributed by atoms with E-state index in [1.54, 1.807) is 0 Å². The molecule has 1 heterocycles. The van der Waals surface area contributed by atoms with Crippen LogP contribution in [0.25, 0.3) is 0 Å². The quantitative estimate of drug-likeness (QED) is 0.324. The van der Waals surface area contributed by atoms with Gasteiger partial charge in [0.15, 0.2) is 6.10 Å². The van der Waals surface area contributed by atoms with Crippen LogP contribution in [0.2, 0.25) is 0 Å². The smallest absolute Gasteiger partial charge is 0.254 e. The maximum atomic E-state index is 13.6. The highest BCUT2D eigenvalue weighted by atomic mass is 32.2. The Balaban J connectivity index is 1.43. The molecule has 4 rings (SSSR count). The van der Waals surface area contributed by atoms with Crippen molar-refractivity contribution in [2.75, 3.05) is 11.6 Å². The van der Waals surface area contributed by atoms with Gasteiger partial charge in [-0.05, 0) is 67.0 Å². The number of benzene rings is 3. The number of aliphatic hydroxyl groups is 1. The van der Waals surface area contributed by atoms with Crippen LogP contribution in [0.1, 0.15) is 39.8 Å². The molecule has 3 amide bonds. The highest BCUT2D eigenvalue weighted by molar-refractivity contribution is 7.99. The summed E-state index contributed by atoms with van der Waals surface area (Å²) in [5.41, 5.74) is 6.37. The standard InChI is InChI=1S/C33H39N3O4S/c1-22-10-7-8-15-26(22)19-34-32(39)29-20-41-21-36(29)33(40)31(38)28(18-25-13-5-4-6-14-25)35-30(37)17-16-27-23(2)11-9-12-24(27)3/h4-15,28-29,31,38H,16-21H2,1-3H3,(H,34,39)(H,35,37). The third kappa shape index (κ3) is 7.99. The fourth-order valence-electron chi connectivity index (χ4n) is 5.20. The summed E-state index contributed by atoms with van der Waals surface area (Å²) in [7, 11) is 0. The van der Waals surface area contributed by atoms with E-state index in [1.165, 1.54) is 16.7 Å². The number of hydrogen-bond acceptors (Lipinski definition) is 5. The average molecular weight is 574 g/mol. The highest BCUT2D eigenvalue weighted by Gasteiger charge is 2.40. The van der Waals surface area contributed by atoms with Gasteiger partial charge in [0.25, 0.3) is 5.91 Å². The Morgan fingerprint density at radius 2 is 1.59 bits per heavy atom. The van der Waals surface area contributed by atoms with E-state index >= 15 is 0 Å². The summed E-state index contributed by atoms with van der Waals surface area (Å²) in [6.45, 7) is 6.41. The molecule has 41 heavy (non-hydrogen) atoms. The molecule has 8 heteroatoms. The van der Waals surface area contributed by atoms with Crippen molar-refractivity contribution in [1.29, 1.82) is 0 Å². The fourth-order valence-corrected chi connectivity index (χ4v) is 6.36. The minimum Gasteiger partial charge on any atom is -0.381 e. The van der Waals surface area contributed by atoms with E-state index in [4.69, 9.17) is 0 Å². The van der Waals surface area contributed by atoms with Crippen molar-refractivity contribution in [3.8, 4) is 0 Å². The molecule has 1 fully saturated rings. The SMILES string of the molecule is Cc1ccccc1CNC(=O)C1CSCN1C(=O)C(O)C(Cc1ccccc1)NC(=O)CCc1c(C)cccc1C. The van der Waals surface area contributed by atoms with Gasteiger partial charge >= 0.3 is 0 Å². The molecule has 0 radical (unpaired) electrons. The number of amides is 3. The number of hydrogen-bond donors (Lipinski definition) is 3. The van der Waals surface area contributed by atoms with E-state index in [2.05, 4.69) is 10.6 Å². The van der Waals surface area contributed by atoms with Gasteiger partial charge in [0.05, 0.1) is 11.9 Å². The first kappa shape index (κ1) is 30.3. The van der Waals surface area contributed by atoms with Crippen molar-refractivity contribution >= 4 is 29.5 Å². The summed E-state index contributed by atoms with van der Waals surface area (Å²) in [4.78, 5) is 41.2. The van der Waals surface area contributed by atoms with Crippen LogP contribution in [-0.2, 0) is 33.8 Å². The van der Waals surface area contributed by atoms with Crippen molar-refractivity contribution < 1.29 is 19.5 Å². The lowest BCUT2D eigenvalue weighted by molar-refractivity contribution is -0.146. The predicted octanol–water partition coefficient (Wildman–Crippen LogP) is 3.85. The zero-order chi connectivity index (χ0) is 29.4. The van der Waals surface area contributed by atoms with Crippen LogP contribution in [0, 0.1) is 20.8 Å². The summed E-state index contributed by atoms with van der Waals surface area (Å²) in [6.07, 6.45) is -0.405. The first-order chi connectivity index (χ1) is 19.7. The largest absolute Gasteiger partial charge is 0.381 e. The van der Waals surface area contributed by atoms with Gasteiger partial charge in [0, 0.05) is 18.7 Å². The molecule has 3 N–H and O–H groups in total. The van der Waals surface area contributed by atoms with Crippen LogP contribution < -0.4 is 10.6 Å². The molecule has 0 spiro atoms. The fraction of sp³-hybridized carbons (Fsp3) is 0.364. The number of rotatable bonds is 11. The minimum absolute atomic E-state index is 0.233. The van der Waals surface area contributed by atoms with E-state index in [0.29, 0.717) is 24.6 Å². The van der Waals surface area contributed by atoms with Gasteiger partial charge < -0.3 is 20.6 Å². The first-order valence-electron chi connectivity index (χ1n) is 14.0. The van der Waals surface area contributed by atoms with Gasteiger partial charge in [0.2, 0.25) is 11.8 Å². The van der Waals surface area contributed by atoms with E-state index in [0.717, 1.165) is 33.4 Å². The van der Waals surface area contributed by atoms with Crippen LogP contribution in [0.15, 0.2) is 72.8 Å². The van der Waals surface area contributed by atoms with Crippen molar-refractivity contribution in [3.05, 3.63) is 106 Å². The summed E-state index contributed by atoms with van der Waals surface area (Å²) >= 11 is 1.47. The Labute approximate surface area is 246 Å². The van der Waals surface area contributed by atoms with Gasteiger partial charge in [0.1, 0.15) is 6.04 Å². The number of aryl methyl sites for hydroxylation is 3. The Morgan fingerprint density at radius 1 is 0.927 bits per heavy atom. The molecule has 0 aromatic heterocycles. The topological polar surface area (TPSA) is 98.7 Å². The van der Waals surface area contributed by atoms with E-state index in [9.17, 15) is 19.5 Å². The first-order valence-corrected chi connectivity index (χ1v) is 15.2. The second kappa shape index (κ2) is 14.3. The minimum atomic E-state index is -1.50. The van der Waals surface area contributed by atoms with Crippen LogP contribution in [-0.4, -0.2) is 57.5 Å². The van der Waals surface area contributed by atoms with E-state index in [1.807, 2.05) is 93.6 Å². The lowest BCUT2D eigenvalue weighted by Gasteiger charge is -2.30. The van der Waals surface area contributed by atoms with Gasteiger partial charge in [-0.3, -0.25) is 14.4 Å². The summed E-state index contributed by atoms with van der Waals surface area (Å²) in [6, 6.07) is 21.8. The average Bonchev–Trinajstić information content (AvgIpc) is 3.46. The maximum absolute atomic E-state index is 13.6. The molecule has 0 aliphatic carbocycles. The molecule has 1 aliphatic heterocycles. The zero-order valence-corrected chi connectivity index (χ0v) is 24.7. The van der Waals surface area contributed by atoms with E-state index < -0.39 is 24.1 Å². The van der Waals surface area contributed by atoms with Gasteiger partial charge in [-0.2, -0.15) is 0 Å². The Bertz CT molecular complexity index is 1340. The van der Waals surface area contributed by atoms with Crippen LogP contribution in [0.3, 0.4) is 0 Å².